The number of carbonyl (C=O) groups is 1. The van der Waals surface area contributed by atoms with Gasteiger partial charge in [0.25, 0.3) is 0 Å². The van der Waals surface area contributed by atoms with E-state index in [1.54, 1.807) is 31.3 Å². The minimum absolute atomic E-state index is 0.00363. The number of halogens is 1. The van der Waals surface area contributed by atoms with Crippen LogP contribution in [0.15, 0.2) is 48.0 Å². The molecule has 2 aromatic rings. The summed E-state index contributed by atoms with van der Waals surface area (Å²) in [6.07, 6.45) is 8.02. The zero-order valence-electron chi connectivity index (χ0n) is 17.0. The highest BCUT2D eigenvalue weighted by Crippen LogP contribution is 2.27. The number of nitrogens with zero attached hydrogens (tertiary/aromatic N) is 4. The number of likely N-dealkylation sites (tertiary alicyclic amines) is 1. The monoisotopic (exact) mass is 416 g/mol. The van der Waals surface area contributed by atoms with Crippen molar-refractivity contribution in [1.82, 2.24) is 19.8 Å². The van der Waals surface area contributed by atoms with E-state index in [9.17, 15) is 4.79 Å². The second-order valence-corrected chi connectivity index (χ2v) is 7.86. The summed E-state index contributed by atoms with van der Waals surface area (Å²) in [6.45, 7) is 4.86. The van der Waals surface area contributed by atoms with Crippen molar-refractivity contribution < 1.29 is 4.79 Å². The Balaban J connectivity index is 1.43. The molecule has 1 aliphatic rings. The number of guanidine groups is 1. The molecule has 1 aromatic carbocycles. The molecule has 1 amide bonds. The summed E-state index contributed by atoms with van der Waals surface area (Å²) in [5.74, 6) is 1.48. The maximum Gasteiger partial charge on any atom is 0.224 e. The van der Waals surface area contributed by atoms with Gasteiger partial charge in [0.05, 0.1) is 12.4 Å². The lowest BCUT2D eigenvalue weighted by Gasteiger charge is -2.39. The fourth-order valence-corrected chi connectivity index (χ4v) is 3.76. The third kappa shape index (κ3) is 5.97. The molecule has 29 heavy (non-hydrogen) atoms. The van der Waals surface area contributed by atoms with Gasteiger partial charge in [-0.1, -0.05) is 18.5 Å². The summed E-state index contributed by atoms with van der Waals surface area (Å²) in [4.78, 5) is 23.0. The predicted molar refractivity (Wildman–Crippen MR) is 117 cm³/mol. The molecular weight excluding hydrogens is 388 g/mol. The summed E-state index contributed by atoms with van der Waals surface area (Å²) in [6, 6.07) is 7.51. The van der Waals surface area contributed by atoms with Gasteiger partial charge in [0.1, 0.15) is 0 Å². The number of anilines is 1. The fraction of sp³-hybridized carbons (Fsp3) is 0.476. The summed E-state index contributed by atoms with van der Waals surface area (Å²) in [5, 5.41) is 6.94. The molecular formula is C21H29ClN6O. The molecule has 2 unspecified atom stereocenters. The maximum atomic E-state index is 12.1. The zero-order chi connectivity index (χ0) is 20.6. The van der Waals surface area contributed by atoms with Gasteiger partial charge in [-0.05, 0) is 43.0 Å². The van der Waals surface area contributed by atoms with Crippen LogP contribution in [0.5, 0.6) is 0 Å². The van der Waals surface area contributed by atoms with Crippen molar-refractivity contribution in [2.45, 2.75) is 32.2 Å². The molecule has 2 heterocycles. The Bertz CT molecular complexity index is 805. The van der Waals surface area contributed by atoms with E-state index < -0.39 is 0 Å². The lowest BCUT2D eigenvalue weighted by Crippen LogP contribution is -2.49. The third-order valence-corrected chi connectivity index (χ3v) is 5.58. The highest BCUT2D eigenvalue weighted by Gasteiger charge is 2.28. The van der Waals surface area contributed by atoms with Crippen molar-refractivity contribution in [2.75, 3.05) is 32.0 Å². The molecule has 2 N–H and O–H groups in total. The highest BCUT2D eigenvalue weighted by molar-refractivity contribution is 6.30. The van der Waals surface area contributed by atoms with Gasteiger partial charge < -0.3 is 20.1 Å². The topological polar surface area (TPSA) is 74.6 Å². The van der Waals surface area contributed by atoms with Crippen LogP contribution in [0.3, 0.4) is 0 Å². The number of aliphatic imine (C=N–C) groups is 1. The summed E-state index contributed by atoms with van der Waals surface area (Å²) in [5.41, 5.74) is 0.760. The van der Waals surface area contributed by atoms with Crippen molar-refractivity contribution in [3.05, 3.63) is 48.0 Å². The summed E-state index contributed by atoms with van der Waals surface area (Å²) >= 11 is 5.86. The second kappa shape index (κ2) is 10.3. The van der Waals surface area contributed by atoms with Crippen LogP contribution in [0.1, 0.15) is 32.2 Å². The van der Waals surface area contributed by atoms with E-state index in [1.807, 2.05) is 18.7 Å². The van der Waals surface area contributed by atoms with Gasteiger partial charge in [0.2, 0.25) is 5.91 Å². The van der Waals surface area contributed by atoms with Gasteiger partial charge in [0, 0.05) is 56.2 Å². The van der Waals surface area contributed by atoms with Crippen molar-refractivity contribution in [3.8, 4) is 0 Å². The molecule has 0 radical (unpaired) electrons. The van der Waals surface area contributed by atoms with E-state index in [4.69, 9.17) is 11.6 Å². The molecule has 1 saturated heterocycles. The van der Waals surface area contributed by atoms with Crippen LogP contribution >= 0.6 is 11.6 Å². The Morgan fingerprint density at radius 2 is 2.14 bits per heavy atom. The van der Waals surface area contributed by atoms with E-state index in [-0.39, 0.29) is 5.91 Å². The molecule has 0 spiro atoms. The molecule has 1 aliphatic heterocycles. The van der Waals surface area contributed by atoms with E-state index >= 15 is 0 Å². The number of piperidine rings is 1. The van der Waals surface area contributed by atoms with E-state index in [0.717, 1.165) is 37.6 Å². The van der Waals surface area contributed by atoms with Gasteiger partial charge in [-0.3, -0.25) is 9.79 Å². The highest BCUT2D eigenvalue weighted by atomic mass is 35.5. The zero-order valence-corrected chi connectivity index (χ0v) is 17.8. The number of imidazole rings is 1. The minimum atomic E-state index is -0.00363. The van der Waals surface area contributed by atoms with Crippen LogP contribution < -0.4 is 10.6 Å². The molecule has 3 rings (SSSR count). The maximum absolute atomic E-state index is 12.1. The molecule has 156 valence electrons. The first kappa shape index (κ1) is 21.2. The van der Waals surface area contributed by atoms with Crippen molar-refractivity contribution in [1.29, 1.82) is 0 Å². The van der Waals surface area contributed by atoms with Gasteiger partial charge in [-0.2, -0.15) is 0 Å². The average Bonchev–Trinajstić information content (AvgIpc) is 3.25. The lowest BCUT2D eigenvalue weighted by molar-refractivity contribution is -0.116. The van der Waals surface area contributed by atoms with Crippen LogP contribution in [-0.4, -0.2) is 53.0 Å². The first-order valence-electron chi connectivity index (χ1n) is 10.0. The minimum Gasteiger partial charge on any atom is -0.356 e. The lowest BCUT2D eigenvalue weighted by atomic mass is 9.93. The smallest absolute Gasteiger partial charge is 0.224 e. The first-order chi connectivity index (χ1) is 14.1. The number of benzene rings is 1. The molecule has 7 nitrogen and oxygen atoms in total. The quantitative estimate of drug-likeness (QED) is 0.430. The standard InChI is InChI=1S/C21H29ClN6O/c1-16-9-12-27(14-19(16)28-13-11-24-15-28)21(23-2)25-10-3-4-20(29)26-18-7-5-17(22)6-8-18/h5-8,11,13,15-16,19H,3-4,9-10,12,14H2,1-2H3,(H,23,25)(H,26,29). The predicted octanol–water partition coefficient (Wildman–Crippen LogP) is 3.41. The molecule has 0 bridgehead atoms. The van der Waals surface area contributed by atoms with Crippen molar-refractivity contribution in [2.24, 2.45) is 10.9 Å². The molecule has 8 heteroatoms. The van der Waals surface area contributed by atoms with Crippen LogP contribution in [0, 0.1) is 5.92 Å². The second-order valence-electron chi connectivity index (χ2n) is 7.42. The van der Waals surface area contributed by atoms with Gasteiger partial charge >= 0.3 is 0 Å². The number of carbonyl (C=O) groups excluding carboxylic acids is 1. The van der Waals surface area contributed by atoms with Crippen LogP contribution in [0.2, 0.25) is 5.02 Å². The number of rotatable bonds is 6. The van der Waals surface area contributed by atoms with Crippen LogP contribution in [-0.2, 0) is 4.79 Å². The number of nitrogens with one attached hydrogen (secondary N) is 2. The molecule has 0 saturated carbocycles. The average molecular weight is 417 g/mol. The van der Waals surface area contributed by atoms with Crippen molar-refractivity contribution in [3.63, 3.8) is 0 Å². The fourth-order valence-electron chi connectivity index (χ4n) is 3.63. The van der Waals surface area contributed by atoms with E-state index in [2.05, 4.69) is 37.0 Å². The molecule has 1 aromatic heterocycles. The largest absolute Gasteiger partial charge is 0.356 e. The number of amides is 1. The number of hydrogen-bond acceptors (Lipinski definition) is 3. The Morgan fingerprint density at radius 3 is 2.83 bits per heavy atom. The van der Waals surface area contributed by atoms with Crippen molar-refractivity contribution >= 4 is 29.2 Å². The van der Waals surface area contributed by atoms with E-state index in [0.29, 0.717) is 29.9 Å². The first-order valence-corrected chi connectivity index (χ1v) is 10.4. The SMILES string of the molecule is CN=C(NCCCC(=O)Nc1ccc(Cl)cc1)N1CCC(C)C(n2ccnc2)C1. The van der Waals surface area contributed by atoms with Crippen LogP contribution in [0.4, 0.5) is 5.69 Å². The Hall–Kier alpha value is -2.54. The van der Waals surface area contributed by atoms with E-state index in [1.165, 1.54) is 0 Å². The van der Waals surface area contributed by atoms with Crippen LogP contribution in [0.25, 0.3) is 0 Å². The number of hydrogen-bond donors (Lipinski definition) is 2. The normalized spacial score (nSPS) is 19.8. The summed E-state index contributed by atoms with van der Waals surface area (Å²) < 4.78 is 2.19. The number of aromatic nitrogens is 2. The van der Waals surface area contributed by atoms with Gasteiger partial charge in [-0.15, -0.1) is 0 Å². The van der Waals surface area contributed by atoms with Gasteiger partial charge in [-0.25, -0.2) is 4.98 Å². The molecule has 1 fully saturated rings. The summed E-state index contributed by atoms with van der Waals surface area (Å²) in [7, 11) is 1.81. The Labute approximate surface area is 177 Å². The Morgan fingerprint density at radius 1 is 1.34 bits per heavy atom. The van der Waals surface area contributed by atoms with Gasteiger partial charge in [0.15, 0.2) is 5.96 Å². The molecule has 2 atom stereocenters. The third-order valence-electron chi connectivity index (χ3n) is 5.33. The Kier molecular flexibility index (Phi) is 7.52. The molecule has 0 aliphatic carbocycles.